The second-order valence-corrected chi connectivity index (χ2v) is 5.16. The number of benzene rings is 1. The Morgan fingerprint density at radius 1 is 1.25 bits per heavy atom. The van der Waals surface area contributed by atoms with E-state index in [0.717, 1.165) is 18.4 Å². The van der Waals surface area contributed by atoms with Crippen molar-refractivity contribution < 1.29 is 4.39 Å². The Kier molecular flexibility index (Phi) is 7.87. The zero-order valence-electron chi connectivity index (χ0n) is 11.6. The van der Waals surface area contributed by atoms with Gasteiger partial charge in [0.2, 0.25) is 0 Å². The van der Waals surface area contributed by atoms with Gasteiger partial charge in [-0.3, -0.25) is 0 Å². The number of hydrogen-bond donors (Lipinski definition) is 2. The number of aliphatic imine (C=N–C) groups is 1. The zero-order valence-corrected chi connectivity index (χ0v) is 14.0. The minimum atomic E-state index is -0.233. The van der Waals surface area contributed by atoms with Gasteiger partial charge in [-0.2, -0.15) is 0 Å². The summed E-state index contributed by atoms with van der Waals surface area (Å²) in [4.78, 5) is 4.28. The Labute approximate surface area is 137 Å². The lowest BCUT2D eigenvalue weighted by Gasteiger charge is -2.16. The van der Waals surface area contributed by atoms with Gasteiger partial charge in [0.15, 0.2) is 5.96 Å². The second kappa shape index (κ2) is 9.15. The first-order chi connectivity index (χ1) is 9.24. The molecule has 0 saturated heterocycles. The van der Waals surface area contributed by atoms with E-state index in [1.54, 1.807) is 6.07 Å². The van der Waals surface area contributed by atoms with Crippen LogP contribution in [-0.4, -0.2) is 12.0 Å². The highest BCUT2D eigenvalue weighted by Gasteiger charge is 2.12. The fraction of sp³-hybridized carbons (Fsp3) is 0.533. The Hall–Kier alpha value is -0.850. The van der Waals surface area contributed by atoms with E-state index in [2.05, 4.69) is 10.3 Å². The van der Waals surface area contributed by atoms with Crippen molar-refractivity contribution in [2.24, 2.45) is 10.7 Å². The molecule has 0 radical (unpaired) electrons. The van der Waals surface area contributed by atoms with Crippen molar-refractivity contribution in [3.05, 3.63) is 35.6 Å². The van der Waals surface area contributed by atoms with Gasteiger partial charge in [0.1, 0.15) is 5.82 Å². The van der Waals surface area contributed by atoms with Crippen LogP contribution in [0.15, 0.2) is 29.3 Å². The molecule has 0 bridgehead atoms. The quantitative estimate of drug-likeness (QED) is 0.358. The Balaban J connectivity index is 0.00000200. The monoisotopic (exact) mass is 391 g/mol. The minimum Gasteiger partial charge on any atom is -0.370 e. The number of nitrogens with zero attached hydrogens (tertiary/aromatic N) is 1. The summed E-state index contributed by atoms with van der Waals surface area (Å²) >= 11 is 0. The Morgan fingerprint density at radius 2 is 1.95 bits per heavy atom. The van der Waals surface area contributed by atoms with E-state index in [1.807, 2.05) is 6.07 Å². The first-order valence-electron chi connectivity index (χ1n) is 7.05. The number of nitrogens with two attached hydrogens (primary N) is 1. The molecule has 1 fully saturated rings. The molecule has 0 atom stereocenters. The summed E-state index contributed by atoms with van der Waals surface area (Å²) in [5, 5.41) is 3.28. The van der Waals surface area contributed by atoms with E-state index in [9.17, 15) is 4.39 Å². The molecule has 0 amide bonds. The number of hydrogen-bond acceptors (Lipinski definition) is 1. The van der Waals surface area contributed by atoms with Crippen LogP contribution in [0.25, 0.3) is 0 Å². The van der Waals surface area contributed by atoms with E-state index in [-0.39, 0.29) is 29.8 Å². The summed E-state index contributed by atoms with van der Waals surface area (Å²) in [6.07, 6.45) is 7.48. The molecule has 1 saturated carbocycles. The molecule has 1 aromatic carbocycles. The molecule has 0 aliphatic heterocycles. The van der Waals surface area contributed by atoms with Crippen LogP contribution >= 0.6 is 24.0 Å². The summed E-state index contributed by atoms with van der Waals surface area (Å²) in [6, 6.07) is 6.90. The van der Waals surface area contributed by atoms with Crippen LogP contribution in [0.3, 0.4) is 0 Å². The van der Waals surface area contributed by atoms with Gasteiger partial charge in [-0.05, 0) is 30.5 Å². The molecule has 2 rings (SSSR count). The summed E-state index contributed by atoms with van der Waals surface area (Å²) in [5.74, 6) is 0.235. The van der Waals surface area contributed by atoms with Crippen LogP contribution < -0.4 is 11.1 Å². The maximum absolute atomic E-state index is 13.0. The van der Waals surface area contributed by atoms with Gasteiger partial charge in [-0.15, -0.1) is 24.0 Å². The Bertz CT molecular complexity index is 429. The number of guanidine groups is 1. The highest BCUT2D eigenvalue weighted by atomic mass is 127. The minimum absolute atomic E-state index is 0. The predicted molar refractivity (Wildman–Crippen MR) is 91.8 cm³/mol. The summed E-state index contributed by atoms with van der Waals surface area (Å²) in [5.41, 5.74) is 6.73. The van der Waals surface area contributed by atoms with Crippen molar-refractivity contribution in [1.29, 1.82) is 0 Å². The fourth-order valence-electron chi connectivity index (χ4n) is 2.49. The smallest absolute Gasteiger partial charge is 0.189 e. The molecule has 1 aromatic rings. The summed E-state index contributed by atoms with van der Waals surface area (Å²) in [6.45, 7) is 0.420. The first kappa shape index (κ1) is 17.2. The standard InChI is InChI=1S/C15H22FN3.HI/c16-13-7-5-6-12(10-13)11-18-15(17)19-14-8-3-1-2-4-9-14;/h5-7,10,14H,1-4,8-9,11H2,(H3,17,18,19);1H. The Morgan fingerprint density at radius 3 is 2.60 bits per heavy atom. The molecule has 1 aliphatic carbocycles. The van der Waals surface area contributed by atoms with Crippen molar-refractivity contribution >= 4 is 29.9 Å². The molecular weight excluding hydrogens is 368 g/mol. The van der Waals surface area contributed by atoms with Gasteiger partial charge < -0.3 is 11.1 Å². The van der Waals surface area contributed by atoms with Crippen LogP contribution in [0, 0.1) is 5.82 Å². The molecule has 5 heteroatoms. The second-order valence-electron chi connectivity index (χ2n) is 5.16. The number of rotatable bonds is 3. The molecule has 3 N–H and O–H groups in total. The van der Waals surface area contributed by atoms with Gasteiger partial charge in [0, 0.05) is 6.04 Å². The molecule has 20 heavy (non-hydrogen) atoms. The van der Waals surface area contributed by atoms with E-state index < -0.39 is 0 Å². The van der Waals surface area contributed by atoms with Gasteiger partial charge in [-0.1, -0.05) is 37.8 Å². The lowest BCUT2D eigenvalue weighted by molar-refractivity contribution is 0.530. The van der Waals surface area contributed by atoms with Crippen LogP contribution in [0.4, 0.5) is 4.39 Å². The van der Waals surface area contributed by atoms with Crippen molar-refractivity contribution in [1.82, 2.24) is 5.32 Å². The fourth-order valence-corrected chi connectivity index (χ4v) is 2.49. The van der Waals surface area contributed by atoms with Crippen molar-refractivity contribution in [2.75, 3.05) is 0 Å². The SMILES string of the molecule is I.NC(=NCc1cccc(F)c1)NC1CCCCCC1. The molecule has 112 valence electrons. The van der Waals surface area contributed by atoms with Gasteiger partial charge in [0.25, 0.3) is 0 Å². The van der Waals surface area contributed by atoms with Crippen LogP contribution in [0.1, 0.15) is 44.1 Å². The third-order valence-corrected chi connectivity index (χ3v) is 3.53. The molecular formula is C15H23FIN3. The van der Waals surface area contributed by atoms with Crippen molar-refractivity contribution in [3.8, 4) is 0 Å². The van der Waals surface area contributed by atoms with Crippen LogP contribution in [-0.2, 0) is 6.54 Å². The lowest BCUT2D eigenvalue weighted by Crippen LogP contribution is -2.39. The van der Waals surface area contributed by atoms with E-state index >= 15 is 0 Å². The molecule has 0 heterocycles. The third-order valence-electron chi connectivity index (χ3n) is 3.53. The molecule has 0 spiro atoms. The maximum Gasteiger partial charge on any atom is 0.189 e. The van der Waals surface area contributed by atoms with Gasteiger partial charge >= 0.3 is 0 Å². The van der Waals surface area contributed by atoms with E-state index in [4.69, 9.17) is 5.73 Å². The van der Waals surface area contributed by atoms with Crippen LogP contribution in [0.5, 0.6) is 0 Å². The van der Waals surface area contributed by atoms with E-state index in [0.29, 0.717) is 18.5 Å². The number of halogens is 2. The van der Waals surface area contributed by atoms with Gasteiger partial charge in [0.05, 0.1) is 6.54 Å². The van der Waals surface area contributed by atoms with Crippen molar-refractivity contribution in [2.45, 2.75) is 51.1 Å². The maximum atomic E-state index is 13.0. The average molecular weight is 391 g/mol. The van der Waals surface area contributed by atoms with E-state index in [1.165, 1.54) is 37.8 Å². The highest BCUT2D eigenvalue weighted by Crippen LogP contribution is 2.16. The zero-order chi connectivity index (χ0) is 13.5. The molecule has 0 unspecified atom stereocenters. The summed E-state index contributed by atoms with van der Waals surface area (Å²) in [7, 11) is 0. The highest BCUT2D eigenvalue weighted by molar-refractivity contribution is 14.0. The van der Waals surface area contributed by atoms with Crippen LogP contribution in [0.2, 0.25) is 0 Å². The van der Waals surface area contributed by atoms with Gasteiger partial charge in [-0.25, -0.2) is 9.38 Å². The molecule has 1 aliphatic rings. The van der Waals surface area contributed by atoms with Crippen molar-refractivity contribution in [3.63, 3.8) is 0 Å². The molecule has 3 nitrogen and oxygen atoms in total. The topological polar surface area (TPSA) is 50.4 Å². The largest absolute Gasteiger partial charge is 0.370 e. The normalized spacial score (nSPS) is 17.1. The average Bonchev–Trinajstić information content (AvgIpc) is 2.65. The third kappa shape index (κ3) is 6.07. The summed E-state index contributed by atoms with van der Waals surface area (Å²) < 4.78 is 13.0. The molecule has 0 aromatic heterocycles. The number of nitrogens with one attached hydrogen (secondary N) is 1. The lowest BCUT2D eigenvalue weighted by atomic mass is 10.1. The predicted octanol–water partition coefficient (Wildman–Crippen LogP) is 3.57. The first-order valence-corrected chi connectivity index (χ1v) is 7.05.